The zero-order valence-corrected chi connectivity index (χ0v) is 15.2. The van der Waals surface area contributed by atoms with E-state index in [0.29, 0.717) is 6.54 Å². The summed E-state index contributed by atoms with van der Waals surface area (Å²) in [5, 5.41) is 3.01. The molecule has 0 aromatic heterocycles. The van der Waals surface area contributed by atoms with Crippen molar-refractivity contribution in [2.75, 3.05) is 19.3 Å². The molecule has 1 amide bonds. The smallest absolute Gasteiger partial charge is 0.221 e. The van der Waals surface area contributed by atoms with Gasteiger partial charge in [0.2, 0.25) is 15.9 Å². The van der Waals surface area contributed by atoms with E-state index in [4.69, 9.17) is 0 Å². The molecule has 0 bridgehead atoms. The summed E-state index contributed by atoms with van der Waals surface area (Å²) >= 11 is 0. The van der Waals surface area contributed by atoms with E-state index in [2.05, 4.69) is 5.32 Å². The molecular weight excluding hydrogens is 324 g/mol. The van der Waals surface area contributed by atoms with Gasteiger partial charge in [-0.2, -0.15) is 0 Å². The van der Waals surface area contributed by atoms with Crippen LogP contribution in [0, 0.1) is 0 Å². The Morgan fingerprint density at radius 2 is 1.83 bits per heavy atom. The van der Waals surface area contributed by atoms with Gasteiger partial charge in [-0.25, -0.2) is 12.7 Å². The minimum atomic E-state index is -3.29. The van der Waals surface area contributed by atoms with E-state index in [1.165, 1.54) is 29.0 Å². The van der Waals surface area contributed by atoms with Gasteiger partial charge < -0.3 is 5.32 Å². The highest BCUT2D eigenvalue weighted by Gasteiger charge is 2.20. The molecule has 1 aromatic carbocycles. The van der Waals surface area contributed by atoms with E-state index in [0.717, 1.165) is 25.7 Å². The Bertz CT molecular complexity index is 610. The van der Waals surface area contributed by atoms with E-state index in [-0.39, 0.29) is 24.9 Å². The number of rotatable bonds is 9. The molecule has 134 valence electrons. The summed E-state index contributed by atoms with van der Waals surface area (Å²) in [4.78, 5) is 12.0. The van der Waals surface area contributed by atoms with Crippen molar-refractivity contribution in [1.29, 1.82) is 0 Å². The van der Waals surface area contributed by atoms with E-state index in [9.17, 15) is 13.2 Å². The third-order valence-electron chi connectivity index (χ3n) is 4.49. The Labute approximate surface area is 145 Å². The molecular formula is C18H28N2O3S. The number of sulfonamides is 1. The van der Waals surface area contributed by atoms with Crippen molar-refractivity contribution in [3.8, 4) is 0 Å². The molecule has 1 fully saturated rings. The number of nitrogens with one attached hydrogen (secondary N) is 1. The second-order valence-corrected chi connectivity index (χ2v) is 8.53. The fourth-order valence-corrected chi connectivity index (χ4v) is 4.03. The Morgan fingerprint density at radius 1 is 1.17 bits per heavy atom. The molecule has 0 atom stereocenters. The summed E-state index contributed by atoms with van der Waals surface area (Å²) in [7, 11) is -3.29. The maximum Gasteiger partial charge on any atom is 0.221 e. The summed E-state index contributed by atoms with van der Waals surface area (Å²) < 4.78 is 25.3. The number of nitrogens with zero attached hydrogens (tertiary/aromatic N) is 1. The predicted molar refractivity (Wildman–Crippen MR) is 96.2 cm³/mol. The molecule has 0 aliphatic heterocycles. The van der Waals surface area contributed by atoms with Gasteiger partial charge in [-0.3, -0.25) is 4.79 Å². The van der Waals surface area contributed by atoms with Gasteiger partial charge in [0.05, 0.1) is 6.26 Å². The lowest BCUT2D eigenvalue weighted by Crippen LogP contribution is -2.38. The topological polar surface area (TPSA) is 66.5 Å². The molecule has 24 heavy (non-hydrogen) atoms. The molecule has 0 unspecified atom stereocenters. The van der Waals surface area contributed by atoms with Crippen LogP contribution in [0.25, 0.3) is 0 Å². The van der Waals surface area contributed by atoms with E-state index >= 15 is 0 Å². The standard InChI is InChI=1S/C18H28N2O3S/c1-24(22,23)20(14-7-10-16-8-3-2-4-9-16)15-13-18(21)19-17-11-5-6-12-17/h2-4,8-9,17H,5-7,10-15H2,1H3,(H,19,21). The van der Waals surface area contributed by atoms with E-state index < -0.39 is 10.0 Å². The van der Waals surface area contributed by atoms with Gasteiger partial charge >= 0.3 is 0 Å². The molecule has 6 heteroatoms. The number of carbonyl (C=O) groups is 1. The van der Waals surface area contributed by atoms with Gasteiger partial charge in [0.25, 0.3) is 0 Å². The van der Waals surface area contributed by atoms with Crippen molar-refractivity contribution in [2.24, 2.45) is 0 Å². The molecule has 0 heterocycles. The molecule has 1 N–H and O–H groups in total. The Hall–Kier alpha value is -1.40. The third kappa shape index (κ3) is 6.61. The predicted octanol–water partition coefficient (Wildman–Crippen LogP) is 2.33. The lowest BCUT2D eigenvalue weighted by Gasteiger charge is -2.20. The highest BCUT2D eigenvalue weighted by atomic mass is 32.2. The van der Waals surface area contributed by atoms with Crippen molar-refractivity contribution in [1.82, 2.24) is 9.62 Å². The van der Waals surface area contributed by atoms with Gasteiger partial charge in [-0.05, 0) is 31.2 Å². The molecule has 1 saturated carbocycles. The molecule has 0 radical (unpaired) electrons. The van der Waals surface area contributed by atoms with Gasteiger partial charge in [-0.1, -0.05) is 43.2 Å². The maximum absolute atomic E-state index is 12.0. The van der Waals surface area contributed by atoms with Gasteiger partial charge in [0.1, 0.15) is 0 Å². The molecule has 0 saturated heterocycles. The van der Waals surface area contributed by atoms with Crippen LogP contribution >= 0.6 is 0 Å². The molecule has 1 aliphatic rings. The van der Waals surface area contributed by atoms with Crippen LogP contribution < -0.4 is 5.32 Å². The number of benzene rings is 1. The minimum absolute atomic E-state index is 0.0430. The summed E-state index contributed by atoms with van der Waals surface area (Å²) in [5.74, 6) is -0.0430. The first-order chi connectivity index (χ1) is 11.4. The highest BCUT2D eigenvalue weighted by Crippen LogP contribution is 2.17. The largest absolute Gasteiger partial charge is 0.353 e. The Balaban J connectivity index is 1.76. The lowest BCUT2D eigenvalue weighted by atomic mass is 10.1. The van der Waals surface area contributed by atoms with Crippen molar-refractivity contribution in [3.05, 3.63) is 35.9 Å². The zero-order chi connectivity index (χ0) is 17.4. The van der Waals surface area contributed by atoms with Crippen LogP contribution in [0.2, 0.25) is 0 Å². The van der Waals surface area contributed by atoms with Crippen LogP contribution in [0.15, 0.2) is 30.3 Å². The Kier molecular flexibility index (Phi) is 7.24. The van der Waals surface area contributed by atoms with Crippen LogP contribution in [0.4, 0.5) is 0 Å². The monoisotopic (exact) mass is 352 g/mol. The summed E-state index contributed by atoms with van der Waals surface area (Å²) in [6.45, 7) is 0.705. The van der Waals surface area contributed by atoms with Gasteiger partial charge in [-0.15, -0.1) is 0 Å². The first-order valence-electron chi connectivity index (χ1n) is 8.73. The SMILES string of the molecule is CS(=O)(=O)N(CCCc1ccccc1)CCC(=O)NC1CCCC1. The average Bonchev–Trinajstić information content (AvgIpc) is 3.03. The normalized spacial score (nSPS) is 15.8. The van der Waals surface area contributed by atoms with Crippen LogP contribution in [0.1, 0.15) is 44.1 Å². The number of aryl methyl sites for hydroxylation is 1. The van der Waals surface area contributed by atoms with Gasteiger partial charge in [0.15, 0.2) is 0 Å². The second-order valence-electron chi connectivity index (χ2n) is 6.55. The third-order valence-corrected chi connectivity index (χ3v) is 5.80. The second kappa shape index (κ2) is 9.18. The zero-order valence-electron chi connectivity index (χ0n) is 14.4. The summed E-state index contributed by atoms with van der Waals surface area (Å²) in [6.07, 6.45) is 7.44. The molecule has 1 aromatic rings. The first kappa shape index (κ1) is 18.9. The van der Waals surface area contributed by atoms with Crippen molar-refractivity contribution >= 4 is 15.9 Å². The number of hydrogen-bond donors (Lipinski definition) is 1. The molecule has 2 rings (SSSR count). The first-order valence-corrected chi connectivity index (χ1v) is 10.6. The minimum Gasteiger partial charge on any atom is -0.353 e. The fraction of sp³-hybridized carbons (Fsp3) is 0.611. The van der Waals surface area contributed by atoms with Crippen LogP contribution in [0.5, 0.6) is 0 Å². The van der Waals surface area contributed by atoms with Gasteiger partial charge in [0, 0.05) is 25.6 Å². The van der Waals surface area contributed by atoms with Crippen LogP contribution in [-0.2, 0) is 21.2 Å². The molecule has 5 nitrogen and oxygen atoms in total. The molecule has 0 spiro atoms. The van der Waals surface area contributed by atoms with E-state index in [1.54, 1.807) is 0 Å². The summed E-state index contributed by atoms with van der Waals surface area (Å²) in [5.41, 5.74) is 1.20. The quantitative estimate of drug-likeness (QED) is 0.742. The Morgan fingerprint density at radius 3 is 2.46 bits per heavy atom. The summed E-state index contributed by atoms with van der Waals surface area (Å²) in [6, 6.07) is 10.3. The molecule has 1 aliphatic carbocycles. The van der Waals surface area contributed by atoms with Crippen molar-refractivity contribution < 1.29 is 13.2 Å². The maximum atomic E-state index is 12.0. The fourth-order valence-electron chi connectivity index (χ4n) is 3.14. The average molecular weight is 353 g/mol. The number of hydrogen-bond acceptors (Lipinski definition) is 3. The van der Waals surface area contributed by atoms with Crippen LogP contribution in [0.3, 0.4) is 0 Å². The van der Waals surface area contributed by atoms with Crippen LogP contribution in [-0.4, -0.2) is 44.0 Å². The lowest BCUT2D eigenvalue weighted by molar-refractivity contribution is -0.121. The van der Waals surface area contributed by atoms with E-state index in [1.807, 2.05) is 30.3 Å². The highest BCUT2D eigenvalue weighted by molar-refractivity contribution is 7.88. The van der Waals surface area contributed by atoms with Crippen molar-refractivity contribution in [2.45, 2.75) is 51.0 Å². The van der Waals surface area contributed by atoms with Crippen molar-refractivity contribution in [3.63, 3.8) is 0 Å². The number of carbonyl (C=O) groups excluding carboxylic acids is 1. The number of amides is 1.